The number of methoxy groups -OCH3 is 1. The van der Waals surface area contributed by atoms with E-state index in [1.54, 1.807) is 18.2 Å². The number of hydrogen-bond acceptors (Lipinski definition) is 5. The maximum atomic E-state index is 12.8. The number of ether oxygens (including phenoxy) is 1. The Morgan fingerprint density at radius 2 is 1.86 bits per heavy atom. The van der Waals surface area contributed by atoms with Gasteiger partial charge in [0.2, 0.25) is 5.91 Å². The number of benzene rings is 2. The molecule has 3 rings (SSSR count). The topological polar surface area (TPSA) is 87.7 Å². The molecule has 0 atom stereocenters. The number of aryl methyl sites for hydroxylation is 2. The van der Waals surface area contributed by atoms with Gasteiger partial charge in [-0.1, -0.05) is 18.2 Å². The molecule has 0 radical (unpaired) electrons. The van der Waals surface area contributed by atoms with Gasteiger partial charge in [0.1, 0.15) is 6.54 Å². The van der Waals surface area contributed by atoms with Crippen molar-refractivity contribution >= 4 is 34.8 Å². The number of esters is 1. The van der Waals surface area contributed by atoms with E-state index in [9.17, 15) is 14.4 Å². The molecule has 0 spiro atoms. The van der Waals surface area contributed by atoms with Crippen molar-refractivity contribution in [2.24, 2.45) is 0 Å². The third-order valence-electron chi connectivity index (χ3n) is 4.71. The number of nitrogens with one attached hydrogen (secondary N) is 2. The lowest BCUT2D eigenvalue weighted by atomic mass is 10.1. The van der Waals surface area contributed by atoms with Crippen LogP contribution in [0.5, 0.6) is 0 Å². The molecule has 1 heterocycles. The number of fused-ring (bicyclic) bond motifs is 1. The molecule has 29 heavy (non-hydrogen) atoms. The lowest BCUT2D eigenvalue weighted by molar-refractivity contribution is -0.139. The molecule has 0 saturated carbocycles. The Kier molecular flexibility index (Phi) is 5.97. The van der Waals surface area contributed by atoms with Gasteiger partial charge in [0, 0.05) is 17.5 Å². The fourth-order valence-electron chi connectivity index (χ4n) is 3.02. The van der Waals surface area contributed by atoms with E-state index in [1.807, 2.05) is 38.1 Å². The zero-order valence-electron chi connectivity index (χ0n) is 16.6. The van der Waals surface area contributed by atoms with Gasteiger partial charge >= 0.3 is 5.97 Å². The molecule has 0 saturated heterocycles. The smallest absolute Gasteiger partial charge is 0.311 e. The zero-order chi connectivity index (χ0) is 21.0. The molecule has 2 aromatic carbocycles. The average molecular weight is 393 g/mol. The molecule has 150 valence electrons. The fraction of sp³-hybridized carbons (Fsp3) is 0.227. The summed E-state index contributed by atoms with van der Waals surface area (Å²) in [5.41, 5.74) is 4.48. The molecule has 0 unspecified atom stereocenters. The summed E-state index contributed by atoms with van der Waals surface area (Å²) in [5, 5.41) is 5.92. The summed E-state index contributed by atoms with van der Waals surface area (Å²) in [6.07, 6.45) is 1.25. The number of carbonyl (C=O) groups excluding carboxylic acids is 3. The molecule has 7 nitrogen and oxygen atoms in total. The number of rotatable bonds is 5. The third-order valence-corrected chi connectivity index (χ3v) is 4.71. The van der Waals surface area contributed by atoms with Gasteiger partial charge in [0.15, 0.2) is 0 Å². The summed E-state index contributed by atoms with van der Waals surface area (Å²) in [4.78, 5) is 38.5. The maximum Gasteiger partial charge on any atom is 0.311 e. The third kappa shape index (κ3) is 4.82. The predicted octanol–water partition coefficient (Wildman–Crippen LogP) is 3.15. The van der Waals surface area contributed by atoms with Crippen molar-refractivity contribution < 1.29 is 19.1 Å². The molecule has 2 aromatic rings. The van der Waals surface area contributed by atoms with Crippen molar-refractivity contribution in [3.63, 3.8) is 0 Å². The molecule has 0 aliphatic carbocycles. The SMILES string of the molecule is COC(=O)CC1=CC(=O)N(CC(=O)Nc2ccc(C)c(C)c2)c2ccccc2N1. The van der Waals surface area contributed by atoms with Gasteiger partial charge in [-0.3, -0.25) is 19.3 Å². The van der Waals surface area contributed by atoms with Crippen molar-refractivity contribution in [1.82, 2.24) is 0 Å². The minimum Gasteiger partial charge on any atom is -0.469 e. The quantitative estimate of drug-likeness (QED) is 0.762. The lowest BCUT2D eigenvalue weighted by Crippen LogP contribution is -2.37. The van der Waals surface area contributed by atoms with Crippen LogP contribution in [0.3, 0.4) is 0 Å². The number of para-hydroxylation sites is 2. The first-order chi connectivity index (χ1) is 13.9. The Hall–Kier alpha value is -3.61. The Bertz CT molecular complexity index is 997. The van der Waals surface area contributed by atoms with E-state index in [0.717, 1.165) is 11.1 Å². The van der Waals surface area contributed by atoms with Crippen LogP contribution < -0.4 is 15.5 Å². The first kappa shape index (κ1) is 20.1. The first-order valence-corrected chi connectivity index (χ1v) is 9.19. The fourth-order valence-corrected chi connectivity index (χ4v) is 3.02. The number of hydrogen-bond donors (Lipinski definition) is 2. The lowest BCUT2D eigenvalue weighted by Gasteiger charge is -2.22. The van der Waals surface area contributed by atoms with E-state index in [2.05, 4.69) is 15.4 Å². The molecule has 0 fully saturated rings. The minimum absolute atomic E-state index is 0.0702. The number of amides is 2. The van der Waals surface area contributed by atoms with Gasteiger partial charge < -0.3 is 15.4 Å². The van der Waals surface area contributed by atoms with Crippen LogP contribution in [0.2, 0.25) is 0 Å². The summed E-state index contributed by atoms with van der Waals surface area (Å²) < 4.78 is 4.68. The monoisotopic (exact) mass is 393 g/mol. The molecular formula is C22H23N3O4. The molecule has 2 N–H and O–H groups in total. The van der Waals surface area contributed by atoms with Crippen molar-refractivity contribution in [2.75, 3.05) is 29.2 Å². The van der Waals surface area contributed by atoms with Crippen LogP contribution in [0.1, 0.15) is 17.5 Å². The summed E-state index contributed by atoms with van der Waals surface area (Å²) >= 11 is 0. The highest BCUT2D eigenvalue weighted by Gasteiger charge is 2.25. The Balaban J connectivity index is 1.83. The molecule has 0 bridgehead atoms. The second kappa shape index (κ2) is 8.60. The Morgan fingerprint density at radius 3 is 2.59 bits per heavy atom. The first-order valence-electron chi connectivity index (χ1n) is 9.19. The predicted molar refractivity (Wildman–Crippen MR) is 112 cm³/mol. The standard InChI is InChI=1S/C22H23N3O4/c1-14-8-9-16(10-15(14)2)24-20(26)13-25-19-7-5-4-6-18(19)23-17(11-21(25)27)12-22(28)29-3/h4-11,23H,12-13H2,1-3H3,(H,24,26). The molecule has 2 amide bonds. The summed E-state index contributed by atoms with van der Waals surface area (Å²) in [5.74, 6) is -1.17. The Labute approximate surface area is 169 Å². The molecule has 0 aromatic heterocycles. The largest absolute Gasteiger partial charge is 0.469 e. The average Bonchev–Trinajstić information content (AvgIpc) is 2.81. The second-order valence-corrected chi connectivity index (χ2v) is 6.84. The highest BCUT2D eigenvalue weighted by atomic mass is 16.5. The zero-order valence-corrected chi connectivity index (χ0v) is 16.6. The summed E-state index contributed by atoms with van der Waals surface area (Å²) in [6.45, 7) is 3.81. The number of nitrogens with zero attached hydrogens (tertiary/aromatic N) is 1. The molecule has 1 aliphatic heterocycles. The van der Waals surface area contributed by atoms with Crippen LogP contribution in [-0.2, 0) is 19.1 Å². The molecular weight excluding hydrogens is 370 g/mol. The van der Waals surface area contributed by atoms with E-state index in [1.165, 1.54) is 18.1 Å². The summed E-state index contributed by atoms with van der Waals surface area (Å²) in [7, 11) is 1.29. The summed E-state index contributed by atoms with van der Waals surface area (Å²) in [6, 6.07) is 12.8. The molecule has 1 aliphatic rings. The highest BCUT2D eigenvalue weighted by molar-refractivity contribution is 6.10. The van der Waals surface area contributed by atoms with Gasteiger partial charge in [0.25, 0.3) is 5.91 Å². The van der Waals surface area contributed by atoms with Crippen LogP contribution in [0.25, 0.3) is 0 Å². The van der Waals surface area contributed by atoms with Crippen LogP contribution >= 0.6 is 0 Å². The van der Waals surface area contributed by atoms with Crippen molar-refractivity contribution in [2.45, 2.75) is 20.3 Å². The van der Waals surface area contributed by atoms with Crippen molar-refractivity contribution in [1.29, 1.82) is 0 Å². The van der Waals surface area contributed by atoms with E-state index >= 15 is 0 Å². The normalized spacial score (nSPS) is 13.0. The highest BCUT2D eigenvalue weighted by Crippen LogP contribution is 2.30. The van der Waals surface area contributed by atoms with Crippen LogP contribution in [0.4, 0.5) is 17.1 Å². The van der Waals surface area contributed by atoms with Crippen LogP contribution in [-0.4, -0.2) is 31.4 Å². The van der Waals surface area contributed by atoms with Crippen molar-refractivity contribution in [3.8, 4) is 0 Å². The van der Waals surface area contributed by atoms with Gasteiger partial charge in [-0.2, -0.15) is 0 Å². The maximum absolute atomic E-state index is 12.8. The Morgan fingerprint density at radius 1 is 1.10 bits per heavy atom. The minimum atomic E-state index is -0.463. The van der Waals surface area contributed by atoms with Crippen LogP contribution in [0, 0.1) is 13.8 Å². The van der Waals surface area contributed by atoms with Gasteiger partial charge in [-0.15, -0.1) is 0 Å². The van der Waals surface area contributed by atoms with E-state index in [4.69, 9.17) is 0 Å². The van der Waals surface area contributed by atoms with Gasteiger partial charge in [-0.25, -0.2) is 0 Å². The number of carbonyl (C=O) groups is 3. The van der Waals surface area contributed by atoms with Gasteiger partial charge in [0.05, 0.1) is 24.9 Å². The van der Waals surface area contributed by atoms with E-state index < -0.39 is 11.9 Å². The van der Waals surface area contributed by atoms with Crippen LogP contribution in [0.15, 0.2) is 54.2 Å². The van der Waals surface area contributed by atoms with Gasteiger partial charge in [-0.05, 0) is 49.2 Å². The number of anilines is 3. The van der Waals surface area contributed by atoms with E-state index in [0.29, 0.717) is 22.8 Å². The molecule has 7 heteroatoms. The van der Waals surface area contributed by atoms with E-state index in [-0.39, 0.29) is 18.9 Å². The van der Waals surface area contributed by atoms with Crippen molar-refractivity contribution in [3.05, 3.63) is 65.4 Å². The second-order valence-electron chi connectivity index (χ2n) is 6.84.